The molecule has 26 heavy (non-hydrogen) atoms. The lowest BCUT2D eigenvalue weighted by Crippen LogP contribution is -2.29. The van der Waals surface area contributed by atoms with Crippen molar-refractivity contribution in [3.05, 3.63) is 76.4 Å². The molecular formula is C23H23NO2. The number of hydrogen-bond acceptors (Lipinski definition) is 2. The third-order valence-corrected chi connectivity index (χ3v) is 6.29. The van der Waals surface area contributed by atoms with Crippen LogP contribution in [0.15, 0.2) is 48.6 Å². The van der Waals surface area contributed by atoms with E-state index in [1.807, 2.05) is 13.0 Å². The van der Waals surface area contributed by atoms with Gasteiger partial charge < -0.3 is 10.4 Å². The van der Waals surface area contributed by atoms with Crippen molar-refractivity contribution in [2.45, 2.75) is 44.1 Å². The largest absolute Gasteiger partial charge is 0.478 e. The Morgan fingerprint density at radius 2 is 1.96 bits per heavy atom. The average Bonchev–Trinajstić information content (AvgIpc) is 3.37. The Labute approximate surface area is 153 Å². The first-order valence-corrected chi connectivity index (χ1v) is 9.52. The number of hydrogen-bond donors (Lipinski definition) is 2. The molecule has 2 aromatic rings. The van der Waals surface area contributed by atoms with Crippen molar-refractivity contribution in [1.29, 1.82) is 0 Å². The van der Waals surface area contributed by atoms with Gasteiger partial charge in [-0.25, -0.2) is 4.79 Å². The fraction of sp³-hybridized carbons (Fsp3) is 0.348. The van der Waals surface area contributed by atoms with Crippen molar-refractivity contribution in [2.24, 2.45) is 5.92 Å². The second-order valence-electron chi connectivity index (χ2n) is 7.97. The highest BCUT2D eigenvalue weighted by atomic mass is 16.4. The standard InChI is InChI=1S/C23H23NO2/c1-13-11-16(23(25)26)7-9-17(13)22-19-4-2-3-18(19)20-12-15(14-5-6-14)8-10-21(20)24-22/h2-3,7-12,14,18-19,22,24H,4-6H2,1H3,(H,25,26). The van der Waals surface area contributed by atoms with Gasteiger partial charge in [-0.05, 0) is 78.5 Å². The van der Waals surface area contributed by atoms with E-state index >= 15 is 0 Å². The molecule has 3 aliphatic rings. The number of allylic oxidation sites excluding steroid dienone is 2. The molecule has 132 valence electrons. The van der Waals surface area contributed by atoms with Gasteiger partial charge in [-0.1, -0.05) is 30.4 Å². The summed E-state index contributed by atoms with van der Waals surface area (Å²) >= 11 is 0. The second-order valence-corrected chi connectivity index (χ2v) is 7.97. The van der Waals surface area contributed by atoms with Crippen LogP contribution in [-0.2, 0) is 0 Å². The van der Waals surface area contributed by atoms with E-state index in [1.54, 1.807) is 12.1 Å². The molecule has 0 saturated heterocycles. The third-order valence-electron chi connectivity index (χ3n) is 6.29. The van der Waals surface area contributed by atoms with E-state index < -0.39 is 5.97 Å². The van der Waals surface area contributed by atoms with E-state index in [4.69, 9.17) is 0 Å². The molecular weight excluding hydrogens is 322 g/mol. The molecule has 0 bridgehead atoms. The minimum atomic E-state index is -0.866. The van der Waals surface area contributed by atoms with Crippen molar-refractivity contribution in [3.63, 3.8) is 0 Å². The Hall–Kier alpha value is -2.55. The van der Waals surface area contributed by atoms with Crippen LogP contribution in [0.2, 0.25) is 0 Å². The molecule has 2 aromatic carbocycles. The zero-order valence-electron chi connectivity index (χ0n) is 14.9. The summed E-state index contributed by atoms with van der Waals surface area (Å²) in [7, 11) is 0. The van der Waals surface area contributed by atoms with Crippen molar-refractivity contribution in [1.82, 2.24) is 0 Å². The summed E-state index contributed by atoms with van der Waals surface area (Å²) in [5.74, 6) is 0.849. The molecule has 2 aliphatic carbocycles. The predicted molar refractivity (Wildman–Crippen MR) is 103 cm³/mol. The van der Waals surface area contributed by atoms with Crippen LogP contribution in [0.1, 0.15) is 69.8 Å². The molecule has 0 aromatic heterocycles. The maximum absolute atomic E-state index is 11.3. The van der Waals surface area contributed by atoms with Gasteiger partial charge >= 0.3 is 5.97 Å². The summed E-state index contributed by atoms with van der Waals surface area (Å²) in [5, 5.41) is 13.0. The van der Waals surface area contributed by atoms with Crippen molar-refractivity contribution >= 4 is 11.7 Å². The van der Waals surface area contributed by atoms with Gasteiger partial charge in [0.15, 0.2) is 0 Å². The number of carbonyl (C=O) groups is 1. The Bertz CT molecular complexity index is 926. The molecule has 3 atom stereocenters. The summed E-state index contributed by atoms with van der Waals surface area (Å²) in [6.45, 7) is 2.02. The first-order valence-electron chi connectivity index (χ1n) is 9.52. The second kappa shape index (κ2) is 5.73. The minimum absolute atomic E-state index is 0.220. The lowest BCUT2D eigenvalue weighted by molar-refractivity contribution is 0.0696. The summed E-state index contributed by atoms with van der Waals surface area (Å²) in [5.41, 5.74) is 6.78. The molecule has 3 unspecified atom stereocenters. The molecule has 1 saturated carbocycles. The monoisotopic (exact) mass is 345 g/mol. The van der Waals surface area contributed by atoms with Gasteiger partial charge in [0.1, 0.15) is 0 Å². The first kappa shape index (κ1) is 15.7. The highest BCUT2D eigenvalue weighted by Gasteiger charge is 2.39. The maximum atomic E-state index is 11.3. The molecule has 0 radical (unpaired) electrons. The number of rotatable bonds is 3. The number of carboxylic acid groups (broad SMARTS) is 1. The molecule has 1 heterocycles. The Balaban J connectivity index is 1.55. The minimum Gasteiger partial charge on any atom is -0.478 e. The van der Waals surface area contributed by atoms with Gasteiger partial charge in [-0.3, -0.25) is 0 Å². The molecule has 0 amide bonds. The summed E-state index contributed by atoms with van der Waals surface area (Å²) in [6.07, 6.45) is 8.40. The van der Waals surface area contributed by atoms with Crippen LogP contribution in [0.25, 0.3) is 0 Å². The van der Waals surface area contributed by atoms with Crippen LogP contribution in [0.4, 0.5) is 5.69 Å². The zero-order chi connectivity index (χ0) is 17.8. The number of nitrogens with one attached hydrogen (secondary N) is 1. The van der Waals surface area contributed by atoms with Crippen LogP contribution in [0.3, 0.4) is 0 Å². The third kappa shape index (κ3) is 2.45. The Morgan fingerprint density at radius 1 is 1.12 bits per heavy atom. The molecule has 1 fully saturated rings. The highest BCUT2D eigenvalue weighted by Crippen LogP contribution is 2.51. The number of aryl methyl sites for hydroxylation is 1. The summed E-state index contributed by atoms with van der Waals surface area (Å²) in [6, 6.07) is 12.7. The lowest BCUT2D eigenvalue weighted by Gasteiger charge is -2.38. The normalized spacial score (nSPS) is 26.1. The van der Waals surface area contributed by atoms with Gasteiger partial charge in [-0.2, -0.15) is 0 Å². The van der Waals surface area contributed by atoms with E-state index in [2.05, 4.69) is 35.7 Å². The van der Waals surface area contributed by atoms with Gasteiger partial charge in [0, 0.05) is 11.6 Å². The molecule has 3 nitrogen and oxygen atoms in total. The average molecular weight is 345 g/mol. The smallest absolute Gasteiger partial charge is 0.335 e. The molecule has 0 spiro atoms. The van der Waals surface area contributed by atoms with E-state index in [-0.39, 0.29) is 6.04 Å². The number of benzene rings is 2. The number of anilines is 1. The molecule has 5 rings (SSSR count). The van der Waals surface area contributed by atoms with E-state index in [0.717, 1.165) is 17.9 Å². The van der Waals surface area contributed by atoms with Crippen LogP contribution in [0, 0.1) is 12.8 Å². The first-order chi connectivity index (χ1) is 12.6. The molecule has 3 heteroatoms. The van der Waals surface area contributed by atoms with Crippen LogP contribution in [-0.4, -0.2) is 11.1 Å². The van der Waals surface area contributed by atoms with Gasteiger partial charge in [0.05, 0.1) is 11.6 Å². The van der Waals surface area contributed by atoms with Gasteiger partial charge in [0.25, 0.3) is 0 Å². The molecule has 2 N–H and O–H groups in total. The lowest BCUT2D eigenvalue weighted by atomic mass is 9.75. The van der Waals surface area contributed by atoms with Crippen molar-refractivity contribution in [3.8, 4) is 0 Å². The van der Waals surface area contributed by atoms with Crippen LogP contribution < -0.4 is 5.32 Å². The predicted octanol–water partition coefficient (Wildman–Crippen LogP) is 5.40. The summed E-state index contributed by atoms with van der Waals surface area (Å²) in [4.78, 5) is 11.3. The Morgan fingerprint density at radius 3 is 2.69 bits per heavy atom. The number of carboxylic acids is 1. The van der Waals surface area contributed by atoms with E-state index in [9.17, 15) is 9.90 Å². The van der Waals surface area contributed by atoms with Gasteiger partial charge in [0.2, 0.25) is 0 Å². The van der Waals surface area contributed by atoms with Crippen molar-refractivity contribution < 1.29 is 9.90 Å². The summed E-state index contributed by atoms with van der Waals surface area (Å²) < 4.78 is 0. The SMILES string of the molecule is Cc1cc(C(=O)O)ccc1C1Nc2ccc(C3CC3)cc2C2C=CCC21. The van der Waals surface area contributed by atoms with Crippen LogP contribution >= 0.6 is 0 Å². The number of fused-ring (bicyclic) bond motifs is 3. The van der Waals surface area contributed by atoms with Crippen LogP contribution in [0.5, 0.6) is 0 Å². The zero-order valence-corrected chi connectivity index (χ0v) is 14.9. The van der Waals surface area contributed by atoms with Gasteiger partial charge in [-0.15, -0.1) is 0 Å². The quantitative estimate of drug-likeness (QED) is 0.733. The topological polar surface area (TPSA) is 49.3 Å². The Kier molecular flexibility index (Phi) is 3.46. The maximum Gasteiger partial charge on any atom is 0.335 e. The van der Waals surface area contributed by atoms with E-state index in [1.165, 1.54) is 35.2 Å². The fourth-order valence-electron chi connectivity index (χ4n) is 4.75. The fourth-order valence-corrected chi connectivity index (χ4v) is 4.75. The molecule has 1 aliphatic heterocycles. The highest BCUT2D eigenvalue weighted by molar-refractivity contribution is 5.88. The number of aromatic carboxylic acids is 1. The van der Waals surface area contributed by atoms with E-state index in [0.29, 0.717) is 17.4 Å². The van der Waals surface area contributed by atoms with Crippen molar-refractivity contribution in [2.75, 3.05) is 5.32 Å².